The topological polar surface area (TPSA) is 0 Å². The van der Waals surface area contributed by atoms with Gasteiger partial charge < -0.3 is 86.8 Å². The smallest absolute Gasteiger partial charge is 1.00 e. The van der Waals surface area contributed by atoms with Crippen LogP contribution < -0.4 is 235 Å². The van der Waals surface area contributed by atoms with Gasteiger partial charge in [-0.3, -0.25) is 0 Å². The largest absolute Gasteiger partial charge is 2.00 e. The Kier molecular flexibility index (Phi) is 1190. The van der Waals surface area contributed by atoms with Gasteiger partial charge >= 0.3 is 171 Å². The maximum Gasteiger partial charge on any atom is 2.00 e. The van der Waals surface area contributed by atoms with Crippen LogP contribution in [0.4, 0.5) is 0 Å². The molecule has 0 aliphatic rings. The van der Waals surface area contributed by atoms with E-state index in [4.69, 9.17) is 0 Å². The van der Waals surface area contributed by atoms with Gasteiger partial charge in [0.2, 0.25) is 0 Å². The molecule has 0 amide bonds. The van der Waals surface area contributed by atoms with E-state index in [0.29, 0.717) is 0 Å². The molecule has 0 N–H and O–H groups in total. The van der Waals surface area contributed by atoms with E-state index < -0.39 is 0 Å². The van der Waals surface area contributed by atoms with Crippen LogP contribution in [0, 0.1) is 0 Å². The third-order valence-corrected chi connectivity index (χ3v) is 0. The van der Waals surface area contributed by atoms with Crippen LogP contribution >= 0.6 is 0 Å². The maximum absolute atomic E-state index is 0. The van der Waals surface area contributed by atoms with Crippen LogP contribution in [0.25, 0.3) is 0 Å². The molecule has 0 radical (unpaired) electrons. The normalized spacial score (nSPS) is 0. The average Bonchev–Trinajstić information content (AvgIpc) is 0. The Labute approximate surface area is 251 Å². The standard InChI is InChI=1S/7ClH.Mg.5Na/h7*1H;;;;;;/q;;;;;;;+2;5*+1/p-7. The maximum atomic E-state index is 0. The molecule has 56 valence electrons. The third-order valence-electron chi connectivity index (χ3n) is 0. The van der Waals surface area contributed by atoms with Gasteiger partial charge in [-0.25, -0.2) is 0 Å². The van der Waals surface area contributed by atoms with Crippen LogP contribution in [0.1, 0.15) is 0 Å². The summed E-state index contributed by atoms with van der Waals surface area (Å²) < 4.78 is 0. The minimum Gasteiger partial charge on any atom is -1.00 e. The molecule has 0 bridgehead atoms. The first-order valence-corrected chi connectivity index (χ1v) is 0. The fourth-order valence-electron chi connectivity index (χ4n) is 0. The Balaban J connectivity index is 0. The molecule has 13 heavy (non-hydrogen) atoms. The second-order valence-electron chi connectivity index (χ2n) is 0. The van der Waals surface area contributed by atoms with E-state index in [0.717, 1.165) is 0 Å². The molecule has 0 saturated heterocycles. The van der Waals surface area contributed by atoms with Gasteiger partial charge in [0.25, 0.3) is 0 Å². The molecule has 0 aliphatic heterocycles. The van der Waals surface area contributed by atoms with E-state index in [1.54, 1.807) is 0 Å². The van der Waals surface area contributed by atoms with Gasteiger partial charge in [-0.15, -0.1) is 0 Å². The second kappa shape index (κ2) is 115. The Hall–Kier alpha value is 7.80. The van der Waals surface area contributed by atoms with Crippen molar-refractivity contribution in [3.8, 4) is 0 Å². The second-order valence-corrected chi connectivity index (χ2v) is 0. The van der Waals surface area contributed by atoms with Crippen molar-refractivity contribution in [3.63, 3.8) is 0 Å². The molecule has 0 rings (SSSR count). The van der Waals surface area contributed by atoms with Crippen molar-refractivity contribution in [2.24, 2.45) is 0 Å². The molecule has 0 aromatic rings. The van der Waals surface area contributed by atoms with Gasteiger partial charge in [-0.2, -0.15) is 0 Å². The zero-order valence-corrected chi connectivity index (χ0v) is 25.1. The summed E-state index contributed by atoms with van der Waals surface area (Å²) in [6.45, 7) is 0. The van der Waals surface area contributed by atoms with E-state index in [-0.39, 0.29) is 258 Å². The van der Waals surface area contributed by atoms with Gasteiger partial charge in [-0.05, 0) is 0 Å². The number of hydrogen-bond acceptors (Lipinski definition) is 0. The van der Waals surface area contributed by atoms with Crippen molar-refractivity contribution >= 4 is 23.1 Å². The Morgan fingerprint density at radius 2 is 0.231 bits per heavy atom. The number of hydrogen-bond donors (Lipinski definition) is 0. The molecule has 0 atom stereocenters. The summed E-state index contributed by atoms with van der Waals surface area (Å²) >= 11 is 0. The van der Waals surface area contributed by atoms with Crippen LogP contribution in [0.5, 0.6) is 0 Å². The van der Waals surface area contributed by atoms with E-state index in [9.17, 15) is 0 Å². The Morgan fingerprint density at radius 3 is 0.231 bits per heavy atom. The average molecular weight is 387 g/mol. The third kappa shape index (κ3) is 103. The minimum atomic E-state index is 0. The van der Waals surface area contributed by atoms with Crippen LogP contribution in [-0.2, 0) is 0 Å². The predicted octanol–water partition coefficient (Wildman–Crippen LogP) is -36.3. The SMILES string of the molecule is [Cl-].[Cl-].[Cl-].[Cl-].[Cl-].[Cl-].[Cl-].[Mg+2].[Na+].[Na+].[Na+].[Na+].[Na+]. The summed E-state index contributed by atoms with van der Waals surface area (Å²) in [5.74, 6) is 0. The first-order valence-electron chi connectivity index (χ1n) is 0. The van der Waals surface area contributed by atoms with Crippen LogP contribution in [0.15, 0.2) is 0 Å². The van der Waals surface area contributed by atoms with Crippen LogP contribution in [-0.4, -0.2) is 23.1 Å². The molecule has 0 heterocycles. The molecular weight excluding hydrogens is 387 g/mol. The summed E-state index contributed by atoms with van der Waals surface area (Å²) in [5.41, 5.74) is 0. The summed E-state index contributed by atoms with van der Waals surface area (Å²) in [7, 11) is 0. The van der Waals surface area contributed by atoms with E-state index in [2.05, 4.69) is 0 Å². The van der Waals surface area contributed by atoms with Gasteiger partial charge in [0.15, 0.2) is 0 Å². The van der Waals surface area contributed by atoms with E-state index in [1.165, 1.54) is 0 Å². The zero-order chi connectivity index (χ0) is 0. The summed E-state index contributed by atoms with van der Waals surface area (Å²) in [4.78, 5) is 0. The molecule has 0 aromatic heterocycles. The fourth-order valence-corrected chi connectivity index (χ4v) is 0. The van der Waals surface area contributed by atoms with Crippen LogP contribution in [0.2, 0.25) is 0 Å². The molecule has 0 nitrogen and oxygen atoms in total. The monoisotopic (exact) mass is 384 g/mol. The fraction of sp³-hybridized carbons (Fsp3) is 0. The molecule has 0 aromatic carbocycles. The van der Waals surface area contributed by atoms with E-state index >= 15 is 0 Å². The summed E-state index contributed by atoms with van der Waals surface area (Å²) in [5, 5.41) is 0. The quantitative estimate of drug-likeness (QED) is 0.362. The van der Waals surface area contributed by atoms with Gasteiger partial charge in [-0.1, -0.05) is 0 Å². The van der Waals surface area contributed by atoms with Gasteiger partial charge in [0, 0.05) is 0 Å². The van der Waals surface area contributed by atoms with Crippen molar-refractivity contribution in [3.05, 3.63) is 0 Å². The molecule has 13 heteroatoms. The van der Waals surface area contributed by atoms with Crippen molar-refractivity contribution in [1.82, 2.24) is 0 Å². The number of halogens is 7. The van der Waals surface area contributed by atoms with Gasteiger partial charge in [0.05, 0.1) is 0 Å². The van der Waals surface area contributed by atoms with Gasteiger partial charge in [0.1, 0.15) is 0 Å². The van der Waals surface area contributed by atoms with Crippen molar-refractivity contribution < 1.29 is 235 Å². The first kappa shape index (κ1) is 134. The molecular formula is Cl7MgNa5. The molecule has 0 unspecified atom stereocenters. The molecule has 0 aliphatic carbocycles. The number of rotatable bonds is 0. The van der Waals surface area contributed by atoms with Crippen molar-refractivity contribution in [1.29, 1.82) is 0 Å². The van der Waals surface area contributed by atoms with Crippen LogP contribution in [0.3, 0.4) is 0 Å². The molecule has 0 spiro atoms. The zero-order valence-electron chi connectivity index (χ0n) is 8.35. The Morgan fingerprint density at radius 1 is 0.231 bits per heavy atom. The summed E-state index contributed by atoms with van der Waals surface area (Å²) in [6, 6.07) is 0. The van der Waals surface area contributed by atoms with Crippen molar-refractivity contribution in [2.75, 3.05) is 0 Å². The predicted molar refractivity (Wildman–Crippen MR) is 5.75 cm³/mol. The Bertz CT molecular complexity index is 16.8. The van der Waals surface area contributed by atoms with Crippen molar-refractivity contribution in [2.45, 2.75) is 0 Å². The molecule has 0 fully saturated rings. The molecule has 0 saturated carbocycles. The minimum absolute atomic E-state index is 0. The first-order chi connectivity index (χ1) is 0. The van der Waals surface area contributed by atoms with E-state index in [1.807, 2.05) is 0 Å². The summed E-state index contributed by atoms with van der Waals surface area (Å²) in [6.07, 6.45) is 0.